The molecule has 0 radical (unpaired) electrons. The summed E-state index contributed by atoms with van der Waals surface area (Å²) in [4.78, 5) is 12.7. The number of hydrogen-bond acceptors (Lipinski definition) is 10. The number of rotatable bonds is 8. The predicted octanol–water partition coefficient (Wildman–Crippen LogP) is 10.7. The Hall–Kier alpha value is -3.41. The molecule has 0 fully saturated rings. The number of fused-ring (bicyclic) bond motifs is 6. The molecular formula is C42H44I2O10. The molecular weight excluding hydrogens is 918 g/mol. The zero-order valence-corrected chi connectivity index (χ0v) is 35.9. The fourth-order valence-corrected chi connectivity index (χ4v) is 8.26. The van der Waals surface area contributed by atoms with E-state index in [9.17, 15) is 15.0 Å². The van der Waals surface area contributed by atoms with Crippen LogP contribution in [0.3, 0.4) is 0 Å². The minimum Gasteiger partial charge on any atom is -0.457 e. The number of ether oxygens (including phenoxy) is 7. The Kier molecular flexibility index (Phi) is 11.4. The van der Waals surface area contributed by atoms with E-state index in [0.29, 0.717) is 28.7 Å². The summed E-state index contributed by atoms with van der Waals surface area (Å²) in [7, 11) is 0. The first-order chi connectivity index (χ1) is 25.1. The van der Waals surface area contributed by atoms with E-state index in [1.165, 1.54) is 0 Å². The van der Waals surface area contributed by atoms with Crippen LogP contribution in [0.25, 0.3) is 21.5 Å². The van der Waals surface area contributed by atoms with Gasteiger partial charge in [0.1, 0.15) is 28.6 Å². The molecule has 0 saturated heterocycles. The Labute approximate surface area is 342 Å². The van der Waals surface area contributed by atoms with E-state index in [-0.39, 0.29) is 5.92 Å². The molecule has 6 rings (SSSR count). The van der Waals surface area contributed by atoms with Gasteiger partial charge in [-0.3, -0.25) is 0 Å². The number of benzene rings is 5. The lowest BCUT2D eigenvalue weighted by Crippen LogP contribution is -2.31. The minimum atomic E-state index is -1.45. The molecule has 54 heavy (non-hydrogen) atoms. The van der Waals surface area contributed by atoms with E-state index < -0.39 is 35.9 Å². The van der Waals surface area contributed by atoms with Crippen molar-refractivity contribution in [2.45, 2.75) is 98.0 Å². The third-order valence-electron chi connectivity index (χ3n) is 8.09. The van der Waals surface area contributed by atoms with Crippen molar-refractivity contribution in [1.29, 1.82) is 0 Å². The van der Waals surface area contributed by atoms with Crippen molar-refractivity contribution in [2.24, 2.45) is 0 Å². The fraction of sp³-hybridized carbons (Fsp3) is 0.357. The molecule has 1 aliphatic rings. The number of halogens is 2. The number of hydrogen-bond donors (Lipinski definition) is 2. The van der Waals surface area contributed by atoms with Gasteiger partial charge in [0.05, 0.1) is 18.3 Å². The van der Waals surface area contributed by atoms with E-state index in [1.54, 1.807) is 32.9 Å². The monoisotopic (exact) mass is 962 g/mol. The molecule has 10 nitrogen and oxygen atoms in total. The lowest BCUT2D eigenvalue weighted by molar-refractivity contribution is -0.260. The fourth-order valence-electron chi connectivity index (χ4n) is 6.22. The molecule has 286 valence electrons. The third-order valence-corrected chi connectivity index (χ3v) is 9.70. The Bertz CT molecular complexity index is 2080. The van der Waals surface area contributed by atoms with Gasteiger partial charge in [0.2, 0.25) is 0 Å². The second kappa shape index (κ2) is 15.3. The third kappa shape index (κ3) is 9.51. The zero-order chi connectivity index (χ0) is 39.3. The maximum Gasteiger partial charge on any atom is 0.514 e. The predicted molar refractivity (Wildman–Crippen MR) is 223 cm³/mol. The standard InChI is InChI=1S/C42H44I2O10/c1-40(2,3)52-37(45)48-25-12-14-27-22(18-25)10-16-31-34(27)33(24-20-29(43)36(30(44)21-24)51-39(47)54-42(7,8)9)35-28-15-13-26(49-38(46)53-41(4,5)6)19-23(28)11-17-32(35)50-31/h10-21,33,37-38,45-46H,1-9H3. The SMILES string of the molecule is CC(C)(C)OC(=O)Oc1c(I)cc(C2c3c(ccc4cc(OC(O)OC(C)(C)C)ccc34)Oc3ccc4cc(OC(O)OC(C)(C)C)ccc4c32)cc1I. The van der Waals surface area contributed by atoms with E-state index in [1.807, 2.05) is 102 Å². The second-order valence-electron chi connectivity index (χ2n) is 15.9. The molecule has 0 amide bonds. The molecule has 0 saturated carbocycles. The zero-order valence-electron chi connectivity index (χ0n) is 31.6. The van der Waals surface area contributed by atoms with Gasteiger partial charge in [-0.05, 0) is 183 Å². The maximum atomic E-state index is 12.7. The van der Waals surface area contributed by atoms with E-state index in [0.717, 1.165) is 45.4 Å². The van der Waals surface area contributed by atoms with Gasteiger partial charge in [0.25, 0.3) is 0 Å². The van der Waals surface area contributed by atoms with Crippen molar-refractivity contribution in [3.8, 4) is 28.7 Å². The smallest absolute Gasteiger partial charge is 0.457 e. The average Bonchev–Trinajstić information content (AvgIpc) is 3.02. The van der Waals surface area contributed by atoms with Gasteiger partial charge < -0.3 is 43.4 Å². The van der Waals surface area contributed by atoms with Crippen LogP contribution in [-0.2, 0) is 14.2 Å². The van der Waals surface area contributed by atoms with Crippen molar-refractivity contribution >= 4 is 72.9 Å². The summed E-state index contributed by atoms with van der Waals surface area (Å²) in [6, 6.07) is 23.1. The van der Waals surface area contributed by atoms with Crippen molar-refractivity contribution in [3.05, 3.63) is 96.6 Å². The summed E-state index contributed by atoms with van der Waals surface area (Å²) < 4.78 is 41.9. The number of aliphatic hydroxyl groups excluding tert-OH is 2. The Balaban J connectivity index is 1.49. The molecule has 2 N–H and O–H groups in total. The van der Waals surface area contributed by atoms with E-state index >= 15 is 0 Å². The molecule has 0 spiro atoms. The van der Waals surface area contributed by atoms with Crippen molar-refractivity contribution in [1.82, 2.24) is 0 Å². The van der Waals surface area contributed by atoms with Crippen LogP contribution in [0.4, 0.5) is 4.79 Å². The highest BCUT2D eigenvalue weighted by Crippen LogP contribution is 2.53. The molecule has 2 unspecified atom stereocenters. The number of carbonyl (C=O) groups excluding carboxylic acids is 1. The van der Waals surface area contributed by atoms with Gasteiger partial charge in [-0.25, -0.2) is 4.79 Å². The second-order valence-corrected chi connectivity index (χ2v) is 18.3. The van der Waals surface area contributed by atoms with Gasteiger partial charge >= 0.3 is 19.1 Å². The Morgan fingerprint density at radius 2 is 1.09 bits per heavy atom. The van der Waals surface area contributed by atoms with Crippen LogP contribution in [0.2, 0.25) is 0 Å². The summed E-state index contributed by atoms with van der Waals surface area (Å²) in [6.07, 6.45) is -0.781. The number of carbonyl (C=O) groups is 1. The van der Waals surface area contributed by atoms with Crippen molar-refractivity contribution < 1.29 is 48.2 Å². The highest BCUT2D eigenvalue weighted by Gasteiger charge is 2.34. The Morgan fingerprint density at radius 1 is 0.648 bits per heavy atom. The first-order valence-corrected chi connectivity index (χ1v) is 19.6. The molecule has 5 aromatic rings. The van der Waals surface area contributed by atoms with Gasteiger partial charge in [-0.15, -0.1) is 0 Å². The van der Waals surface area contributed by atoms with Crippen LogP contribution >= 0.6 is 45.2 Å². The van der Waals surface area contributed by atoms with Crippen LogP contribution < -0.4 is 18.9 Å². The molecule has 0 bridgehead atoms. The summed E-state index contributed by atoms with van der Waals surface area (Å²) >= 11 is 4.38. The van der Waals surface area contributed by atoms with Gasteiger partial charge in [0.15, 0.2) is 5.75 Å². The van der Waals surface area contributed by atoms with Gasteiger partial charge in [0, 0.05) is 17.0 Å². The summed E-state index contributed by atoms with van der Waals surface area (Å²) in [6.45, 7) is 13.5. The van der Waals surface area contributed by atoms with Crippen molar-refractivity contribution in [3.63, 3.8) is 0 Å². The minimum absolute atomic E-state index is 0.350. The average molecular weight is 963 g/mol. The Morgan fingerprint density at radius 3 is 1.50 bits per heavy atom. The molecule has 0 aliphatic carbocycles. The molecule has 5 aromatic carbocycles. The largest absolute Gasteiger partial charge is 0.514 e. The quantitative estimate of drug-likeness (QED) is 0.0660. The molecule has 1 aliphatic heterocycles. The van der Waals surface area contributed by atoms with Crippen molar-refractivity contribution in [2.75, 3.05) is 0 Å². The lowest BCUT2D eigenvalue weighted by Gasteiger charge is -2.32. The maximum absolute atomic E-state index is 12.7. The summed E-state index contributed by atoms with van der Waals surface area (Å²) in [5, 5.41) is 24.5. The van der Waals surface area contributed by atoms with Gasteiger partial charge in [-0.2, -0.15) is 0 Å². The lowest BCUT2D eigenvalue weighted by atomic mass is 9.78. The van der Waals surface area contributed by atoms with Crippen LogP contribution in [0, 0.1) is 7.14 Å². The molecule has 0 aromatic heterocycles. The summed E-state index contributed by atoms with van der Waals surface area (Å²) in [5.74, 6) is 2.31. The summed E-state index contributed by atoms with van der Waals surface area (Å²) in [5.41, 5.74) is 0.864. The highest BCUT2D eigenvalue weighted by molar-refractivity contribution is 14.1. The topological polar surface area (TPSA) is 122 Å². The highest BCUT2D eigenvalue weighted by atomic mass is 127. The first-order valence-electron chi connectivity index (χ1n) is 17.4. The van der Waals surface area contributed by atoms with Crippen LogP contribution in [0.5, 0.6) is 28.7 Å². The van der Waals surface area contributed by atoms with Crippen LogP contribution in [0.15, 0.2) is 72.8 Å². The molecule has 2 atom stereocenters. The van der Waals surface area contributed by atoms with Crippen LogP contribution in [-0.4, -0.2) is 46.1 Å². The van der Waals surface area contributed by atoms with Gasteiger partial charge in [-0.1, -0.05) is 24.3 Å². The van der Waals surface area contributed by atoms with E-state index in [4.69, 9.17) is 33.2 Å². The first kappa shape index (κ1) is 40.3. The normalized spacial score (nSPS) is 15.5. The van der Waals surface area contributed by atoms with Crippen LogP contribution in [0.1, 0.15) is 84.9 Å². The molecule has 12 heteroatoms. The van der Waals surface area contributed by atoms with E-state index in [2.05, 4.69) is 45.2 Å². The molecule has 1 heterocycles. The number of aliphatic hydroxyl groups is 2.